The SMILES string of the molecule is CC(C)(C)CC(C)(C)N1CCN(C(C)(C)CC(C)(C)N)CC1. The van der Waals surface area contributed by atoms with Gasteiger partial charge in [-0.25, -0.2) is 0 Å². The van der Waals surface area contributed by atoms with Gasteiger partial charge in [0.2, 0.25) is 0 Å². The van der Waals surface area contributed by atoms with Crippen molar-refractivity contribution < 1.29 is 0 Å². The first-order chi connectivity index (χ1) is 9.62. The lowest BCUT2D eigenvalue weighted by Gasteiger charge is -2.51. The highest BCUT2D eigenvalue weighted by atomic mass is 15.3. The van der Waals surface area contributed by atoms with Crippen molar-refractivity contribution in [3.05, 3.63) is 0 Å². The molecule has 1 aliphatic rings. The fourth-order valence-corrected chi connectivity index (χ4v) is 4.55. The molecule has 132 valence electrons. The molecule has 0 bridgehead atoms. The first kappa shape index (κ1) is 19.9. The van der Waals surface area contributed by atoms with Gasteiger partial charge in [-0.1, -0.05) is 20.8 Å². The summed E-state index contributed by atoms with van der Waals surface area (Å²) in [5.74, 6) is 0. The topological polar surface area (TPSA) is 32.5 Å². The average molecular weight is 312 g/mol. The Morgan fingerprint density at radius 1 is 0.636 bits per heavy atom. The molecule has 0 aromatic rings. The van der Waals surface area contributed by atoms with Crippen LogP contribution in [0.2, 0.25) is 0 Å². The van der Waals surface area contributed by atoms with E-state index in [-0.39, 0.29) is 16.6 Å². The Labute approximate surface area is 139 Å². The van der Waals surface area contributed by atoms with Crippen molar-refractivity contribution in [1.82, 2.24) is 9.80 Å². The van der Waals surface area contributed by atoms with Gasteiger partial charge in [-0.3, -0.25) is 9.80 Å². The van der Waals surface area contributed by atoms with Gasteiger partial charge >= 0.3 is 0 Å². The molecule has 3 nitrogen and oxygen atoms in total. The number of nitrogens with zero attached hydrogens (tertiary/aromatic N) is 2. The van der Waals surface area contributed by atoms with Gasteiger partial charge in [0, 0.05) is 42.8 Å². The van der Waals surface area contributed by atoms with Crippen molar-refractivity contribution >= 4 is 0 Å². The van der Waals surface area contributed by atoms with Crippen LogP contribution in [0.25, 0.3) is 0 Å². The van der Waals surface area contributed by atoms with E-state index in [0.29, 0.717) is 5.41 Å². The van der Waals surface area contributed by atoms with Crippen LogP contribution in [0.5, 0.6) is 0 Å². The summed E-state index contributed by atoms with van der Waals surface area (Å²) in [7, 11) is 0. The summed E-state index contributed by atoms with van der Waals surface area (Å²) < 4.78 is 0. The molecule has 0 aliphatic carbocycles. The van der Waals surface area contributed by atoms with Crippen LogP contribution in [-0.4, -0.2) is 52.6 Å². The third-order valence-corrected chi connectivity index (χ3v) is 4.84. The molecular formula is C19H41N3. The van der Waals surface area contributed by atoms with E-state index in [4.69, 9.17) is 5.73 Å². The van der Waals surface area contributed by atoms with E-state index in [1.165, 1.54) is 6.42 Å². The number of piperazine rings is 1. The van der Waals surface area contributed by atoms with Gasteiger partial charge in [0.15, 0.2) is 0 Å². The van der Waals surface area contributed by atoms with Crippen LogP contribution in [0.4, 0.5) is 0 Å². The highest BCUT2D eigenvalue weighted by molar-refractivity contribution is 4.95. The van der Waals surface area contributed by atoms with Crippen LogP contribution in [0.15, 0.2) is 0 Å². The molecule has 0 atom stereocenters. The number of nitrogens with two attached hydrogens (primary N) is 1. The second-order valence-electron chi connectivity index (χ2n) is 10.5. The molecule has 3 heteroatoms. The van der Waals surface area contributed by atoms with Gasteiger partial charge in [0.25, 0.3) is 0 Å². The van der Waals surface area contributed by atoms with Gasteiger partial charge in [-0.2, -0.15) is 0 Å². The lowest BCUT2D eigenvalue weighted by molar-refractivity contribution is -0.0121. The maximum atomic E-state index is 6.26. The van der Waals surface area contributed by atoms with Gasteiger partial charge in [-0.05, 0) is 59.8 Å². The van der Waals surface area contributed by atoms with Gasteiger partial charge in [0.1, 0.15) is 0 Å². The second kappa shape index (κ2) is 6.41. The minimum atomic E-state index is -0.105. The molecule has 0 spiro atoms. The van der Waals surface area contributed by atoms with E-state index in [2.05, 4.69) is 72.1 Å². The summed E-state index contributed by atoms with van der Waals surface area (Å²) in [5, 5.41) is 0. The molecule has 0 radical (unpaired) electrons. The smallest absolute Gasteiger partial charge is 0.0171 e. The lowest BCUT2D eigenvalue weighted by atomic mass is 9.80. The van der Waals surface area contributed by atoms with Crippen LogP contribution < -0.4 is 5.73 Å². The molecule has 22 heavy (non-hydrogen) atoms. The van der Waals surface area contributed by atoms with Crippen LogP contribution >= 0.6 is 0 Å². The van der Waals surface area contributed by atoms with Crippen LogP contribution in [0.3, 0.4) is 0 Å². The Bertz CT molecular complexity index is 314. The fraction of sp³-hybridized carbons (Fsp3) is 1.00. The zero-order valence-corrected chi connectivity index (χ0v) is 16.7. The Hall–Kier alpha value is -0.120. The summed E-state index contributed by atoms with van der Waals surface area (Å²) in [6.45, 7) is 25.4. The molecule has 1 heterocycles. The summed E-state index contributed by atoms with van der Waals surface area (Å²) in [6, 6.07) is 0. The average Bonchev–Trinajstić information content (AvgIpc) is 2.22. The third kappa shape index (κ3) is 6.17. The maximum absolute atomic E-state index is 6.26. The monoisotopic (exact) mass is 311 g/mol. The predicted octanol–water partition coefficient (Wildman–Crippen LogP) is 3.72. The highest BCUT2D eigenvalue weighted by Crippen LogP contribution is 2.33. The van der Waals surface area contributed by atoms with Crippen molar-refractivity contribution in [2.75, 3.05) is 26.2 Å². The summed E-state index contributed by atoms with van der Waals surface area (Å²) in [6.07, 6.45) is 2.27. The van der Waals surface area contributed by atoms with Crippen LogP contribution in [0.1, 0.15) is 75.2 Å². The van der Waals surface area contributed by atoms with E-state index in [1.54, 1.807) is 0 Å². The molecule has 1 fully saturated rings. The lowest BCUT2D eigenvalue weighted by Crippen LogP contribution is -2.61. The summed E-state index contributed by atoms with van der Waals surface area (Å²) in [5.41, 5.74) is 6.99. The zero-order chi connectivity index (χ0) is 17.4. The zero-order valence-electron chi connectivity index (χ0n) is 16.7. The van der Waals surface area contributed by atoms with Crippen molar-refractivity contribution in [3.8, 4) is 0 Å². The molecule has 0 saturated carbocycles. The van der Waals surface area contributed by atoms with Crippen molar-refractivity contribution in [1.29, 1.82) is 0 Å². The van der Waals surface area contributed by atoms with Gasteiger partial charge < -0.3 is 5.73 Å². The molecule has 0 amide bonds. The fourth-order valence-electron chi connectivity index (χ4n) is 4.55. The van der Waals surface area contributed by atoms with E-state index in [1.807, 2.05) is 0 Å². The van der Waals surface area contributed by atoms with E-state index in [0.717, 1.165) is 32.6 Å². The summed E-state index contributed by atoms with van der Waals surface area (Å²) in [4.78, 5) is 5.31. The Morgan fingerprint density at radius 2 is 0.955 bits per heavy atom. The van der Waals surface area contributed by atoms with Crippen molar-refractivity contribution in [3.63, 3.8) is 0 Å². The Kier molecular flexibility index (Phi) is 5.81. The first-order valence-electron chi connectivity index (χ1n) is 8.92. The molecule has 0 aromatic carbocycles. The minimum absolute atomic E-state index is 0.105. The largest absolute Gasteiger partial charge is 0.325 e. The minimum Gasteiger partial charge on any atom is -0.325 e. The van der Waals surface area contributed by atoms with Gasteiger partial charge in [0.05, 0.1) is 0 Å². The van der Waals surface area contributed by atoms with E-state index in [9.17, 15) is 0 Å². The molecular weight excluding hydrogens is 270 g/mol. The first-order valence-corrected chi connectivity index (χ1v) is 8.92. The number of rotatable bonds is 5. The van der Waals surface area contributed by atoms with Crippen molar-refractivity contribution in [2.45, 2.75) is 91.8 Å². The Morgan fingerprint density at radius 3 is 1.23 bits per heavy atom. The third-order valence-electron chi connectivity index (χ3n) is 4.84. The summed E-state index contributed by atoms with van der Waals surface area (Å²) >= 11 is 0. The molecule has 0 unspecified atom stereocenters. The van der Waals surface area contributed by atoms with Crippen molar-refractivity contribution in [2.24, 2.45) is 11.1 Å². The van der Waals surface area contributed by atoms with E-state index < -0.39 is 0 Å². The molecule has 0 aromatic heterocycles. The number of hydrogen-bond acceptors (Lipinski definition) is 3. The number of hydrogen-bond donors (Lipinski definition) is 1. The highest BCUT2D eigenvalue weighted by Gasteiger charge is 2.37. The predicted molar refractivity (Wildman–Crippen MR) is 98.3 cm³/mol. The quantitative estimate of drug-likeness (QED) is 0.840. The van der Waals surface area contributed by atoms with Crippen LogP contribution in [0, 0.1) is 5.41 Å². The molecule has 1 rings (SSSR count). The van der Waals surface area contributed by atoms with Gasteiger partial charge in [-0.15, -0.1) is 0 Å². The maximum Gasteiger partial charge on any atom is 0.0171 e. The van der Waals surface area contributed by atoms with Crippen LogP contribution in [-0.2, 0) is 0 Å². The normalized spacial score (nSPS) is 20.5. The second-order valence-corrected chi connectivity index (χ2v) is 10.5. The van der Waals surface area contributed by atoms with E-state index >= 15 is 0 Å². The molecule has 1 aliphatic heterocycles. The molecule has 2 N–H and O–H groups in total. The standard InChI is InChI=1S/C19H41N3/c1-16(2,3)14-18(6,7)21-10-12-22(13-11-21)19(8,9)15-17(4,5)20/h10-15,20H2,1-9H3. The molecule has 1 saturated heterocycles. The Balaban J connectivity index is 2.63.